The van der Waals surface area contributed by atoms with Gasteiger partial charge in [0.15, 0.2) is 11.9 Å². The molecule has 0 aliphatic carbocycles. The van der Waals surface area contributed by atoms with Crippen LogP contribution < -0.4 is 0 Å². The Morgan fingerprint density at radius 1 is 1.00 bits per heavy atom. The topological polar surface area (TPSA) is 77.3 Å². The van der Waals surface area contributed by atoms with Gasteiger partial charge in [0.1, 0.15) is 0 Å². The number of carbonyl (C=O) groups excluding carboxylic acids is 1. The van der Waals surface area contributed by atoms with Crippen LogP contribution in [-0.2, 0) is 4.84 Å². The molecule has 0 amide bonds. The number of benzene rings is 1. The summed E-state index contributed by atoms with van der Waals surface area (Å²) in [7, 11) is 0. The predicted octanol–water partition coefficient (Wildman–Crippen LogP) is 6.43. The number of ketones is 1. The zero-order chi connectivity index (χ0) is 24.2. The average molecular weight is 483 g/mol. The number of oxime groups is 1. The van der Waals surface area contributed by atoms with Crippen molar-refractivity contribution in [3.05, 3.63) is 113 Å². The molecule has 0 N–H and O–H groups in total. The minimum atomic E-state index is -0.250. The summed E-state index contributed by atoms with van der Waals surface area (Å²) in [5.41, 5.74) is 5.52. The maximum atomic E-state index is 13.4. The summed E-state index contributed by atoms with van der Waals surface area (Å²) in [6.45, 7) is 1.99. The molecule has 0 saturated heterocycles. The summed E-state index contributed by atoms with van der Waals surface area (Å²) in [6.07, 6.45) is 5.73. The lowest BCUT2D eigenvalue weighted by molar-refractivity contribution is 0.0826. The molecule has 0 radical (unpaired) electrons. The Morgan fingerprint density at radius 3 is 2.51 bits per heavy atom. The number of pyridine rings is 3. The van der Waals surface area contributed by atoms with Gasteiger partial charge in [0.05, 0.1) is 22.1 Å². The van der Waals surface area contributed by atoms with E-state index in [2.05, 4.69) is 20.1 Å². The van der Waals surface area contributed by atoms with Crippen LogP contribution in [-0.4, -0.2) is 26.4 Å². The van der Waals surface area contributed by atoms with Crippen LogP contribution in [0.5, 0.6) is 0 Å². The van der Waals surface area contributed by atoms with E-state index >= 15 is 0 Å². The van der Waals surface area contributed by atoms with Crippen LogP contribution in [0, 0.1) is 0 Å². The lowest BCUT2D eigenvalue weighted by atomic mass is 9.92. The number of carbonyl (C=O) groups is 1. The van der Waals surface area contributed by atoms with Crippen LogP contribution in [0.15, 0.2) is 90.5 Å². The maximum absolute atomic E-state index is 13.4. The molecule has 4 aromatic rings. The summed E-state index contributed by atoms with van der Waals surface area (Å²) in [5, 5.41) is 4.91. The Labute approximate surface area is 208 Å². The predicted molar refractivity (Wildman–Crippen MR) is 135 cm³/mol. The lowest BCUT2D eigenvalue weighted by Gasteiger charge is -2.13. The van der Waals surface area contributed by atoms with Crippen molar-refractivity contribution in [2.24, 2.45) is 5.16 Å². The van der Waals surface area contributed by atoms with Gasteiger partial charge < -0.3 is 4.84 Å². The van der Waals surface area contributed by atoms with Crippen LogP contribution in [0.2, 0.25) is 5.02 Å². The van der Waals surface area contributed by atoms with Crippen molar-refractivity contribution in [2.75, 3.05) is 0 Å². The minimum absolute atomic E-state index is 0.0223. The van der Waals surface area contributed by atoms with Crippen LogP contribution in [0.1, 0.15) is 59.1 Å². The molecule has 3 aromatic heterocycles. The van der Waals surface area contributed by atoms with Gasteiger partial charge in [0.2, 0.25) is 0 Å². The van der Waals surface area contributed by atoms with E-state index in [1.54, 1.807) is 24.7 Å². The van der Waals surface area contributed by atoms with E-state index in [0.717, 1.165) is 33.9 Å². The molecular formula is C28H23ClN4O2. The van der Waals surface area contributed by atoms with Crippen molar-refractivity contribution in [3.63, 3.8) is 0 Å². The Balaban J connectivity index is 1.44. The van der Waals surface area contributed by atoms with Crippen LogP contribution in [0.4, 0.5) is 0 Å². The van der Waals surface area contributed by atoms with Gasteiger partial charge >= 0.3 is 0 Å². The van der Waals surface area contributed by atoms with E-state index < -0.39 is 0 Å². The number of aromatic nitrogens is 3. The van der Waals surface area contributed by atoms with Gasteiger partial charge in [-0.3, -0.25) is 19.7 Å². The number of rotatable bonds is 7. The van der Waals surface area contributed by atoms with Crippen molar-refractivity contribution in [1.29, 1.82) is 0 Å². The number of hydrogen-bond donors (Lipinski definition) is 0. The monoisotopic (exact) mass is 482 g/mol. The van der Waals surface area contributed by atoms with Gasteiger partial charge in [-0.1, -0.05) is 35.8 Å². The number of halogens is 1. The molecule has 35 heavy (non-hydrogen) atoms. The fourth-order valence-corrected chi connectivity index (χ4v) is 4.20. The smallest absolute Gasteiger partial charge is 0.174 e. The average Bonchev–Trinajstić information content (AvgIpc) is 3.40. The van der Waals surface area contributed by atoms with Crippen LogP contribution in [0.3, 0.4) is 0 Å². The molecule has 1 aromatic carbocycles. The molecule has 0 bridgehead atoms. The van der Waals surface area contributed by atoms with Gasteiger partial charge in [-0.05, 0) is 54.6 Å². The fraction of sp³-hybridized carbons (Fsp3) is 0.179. The van der Waals surface area contributed by atoms with Crippen LogP contribution >= 0.6 is 11.6 Å². The Bertz CT molecular complexity index is 1360. The van der Waals surface area contributed by atoms with E-state index in [-0.39, 0.29) is 17.8 Å². The normalized spacial score (nSPS) is 15.8. The zero-order valence-electron chi connectivity index (χ0n) is 19.1. The second kappa shape index (κ2) is 10.2. The first-order chi connectivity index (χ1) is 17.1. The summed E-state index contributed by atoms with van der Waals surface area (Å²) in [6, 6.07) is 20.9. The Hall–Kier alpha value is -3.90. The second-order valence-corrected chi connectivity index (χ2v) is 8.97. The molecule has 1 aliphatic rings. The standard InChI is InChI=1S/C28H23ClN4O2/c1-18(23-9-8-22(29)17-32-23)12-27(34)21-14-19(24-6-2-4-10-30-24)13-20(15-21)26-16-28(35-33-26)25-7-3-5-11-31-25/h2-11,13-15,17-18,28H,12,16H2,1H3/t18-,28-/m0/s1. The van der Waals surface area contributed by atoms with Gasteiger partial charge in [0.25, 0.3) is 0 Å². The first-order valence-electron chi connectivity index (χ1n) is 11.4. The van der Waals surface area contributed by atoms with Crippen molar-refractivity contribution in [2.45, 2.75) is 31.8 Å². The molecule has 6 nitrogen and oxygen atoms in total. The third kappa shape index (κ3) is 5.28. The van der Waals surface area contributed by atoms with Crippen molar-refractivity contribution in [1.82, 2.24) is 15.0 Å². The molecule has 1 aliphatic heterocycles. The summed E-state index contributed by atoms with van der Waals surface area (Å²) in [5.74, 6) is -0.0310. The van der Waals surface area contributed by atoms with E-state index in [1.807, 2.05) is 67.6 Å². The molecule has 0 spiro atoms. The SMILES string of the molecule is C[C@@H](CC(=O)c1cc(C2=NO[C@H](c3ccccn3)C2)cc(-c2ccccn2)c1)c1ccc(Cl)cn1. The summed E-state index contributed by atoms with van der Waals surface area (Å²) >= 11 is 5.96. The van der Waals surface area contributed by atoms with Crippen molar-refractivity contribution in [3.8, 4) is 11.3 Å². The molecule has 0 saturated carbocycles. The van der Waals surface area contributed by atoms with Crippen molar-refractivity contribution >= 4 is 23.1 Å². The first-order valence-corrected chi connectivity index (χ1v) is 11.8. The van der Waals surface area contributed by atoms with Gasteiger partial charge in [-0.25, -0.2) is 0 Å². The van der Waals surface area contributed by atoms with Gasteiger partial charge in [-0.15, -0.1) is 0 Å². The molecule has 7 heteroatoms. The van der Waals surface area contributed by atoms with Gasteiger partial charge in [0, 0.05) is 59.7 Å². The van der Waals surface area contributed by atoms with Gasteiger partial charge in [-0.2, -0.15) is 0 Å². The highest BCUT2D eigenvalue weighted by atomic mass is 35.5. The Kier molecular flexibility index (Phi) is 6.64. The lowest BCUT2D eigenvalue weighted by Crippen LogP contribution is -2.09. The largest absolute Gasteiger partial charge is 0.385 e. The highest BCUT2D eigenvalue weighted by Gasteiger charge is 2.26. The summed E-state index contributed by atoms with van der Waals surface area (Å²) < 4.78 is 0. The fourth-order valence-electron chi connectivity index (χ4n) is 4.09. The Morgan fingerprint density at radius 2 is 1.80 bits per heavy atom. The molecule has 174 valence electrons. The minimum Gasteiger partial charge on any atom is -0.385 e. The quantitative estimate of drug-likeness (QED) is 0.283. The first kappa shape index (κ1) is 22.9. The van der Waals surface area contributed by atoms with E-state index in [4.69, 9.17) is 16.4 Å². The van der Waals surface area contributed by atoms with Crippen molar-refractivity contribution < 1.29 is 9.63 Å². The second-order valence-electron chi connectivity index (χ2n) is 8.53. The van der Waals surface area contributed by atoms with E-state index in [1.165, 1.54) is 0 Å². The number of nitrogens with zero attached hydrogens (tertiary/aromatic N) is 4. The molecule has 0 fully saturated rings. The number of Topliss-reactive ketones (excluding diaryl/α,β-unsaturated/α-hetero) is 1. The highest BCUT2D eigenvalue weighted by molar-refractivity contribution is 6.30. The molecule has 5 rings (SSSR count). The van der Waals surface area contributed by atoms with E-state index in [9.17, 15) is 4.79 Å². The molecule has 2 atom stereocenters. The number of hydrogen-bond acceptors (Lipinski definition) is 6. The zero-order valence-corrected chi connectivity index (χ0v) is 19.9. The van der Waals surface area contributed by atoms with E-state index in [0.29, 0.717) is 23.4 Å². The highest BCUT2D eigenvalue weighted by Crippen LogP contribution is 2.31. The maximum Gasteiger partial charge on any atom is 0.174 e. The molecular weight excluding hydrogens is 460 g/mol. The molecule has 0 unspecified atom stereocenters. The third-order valence-electron chi connectivity index (χ3n) is 5.98. The van der Waals surface area contributed by atoms with Crippen LogP contribution in [0.25, 0.3) is 11.3 Å². The molecule has 4 heterocycles. The summed E-state index contributed by atoms with van der Waals surface area (Å²) in [4.78, 5) is 32.3. The third-order valence-corrected chi connectivity index (χ3v) is 6.21.